The van der Waals surface area contributed by atoms with Crippen LogP contribution in [-0.2, 0) is 0 Å². The highest BCUT2D eigenvalue weighted by atomic mass is 79.9. The van der Waals surface area contributed by atoms with Gasteiger partial charge in [-0.2, -0.15) is 0 Å². The van der Waals surface area contributed by atoms with E-state index in [1.54, 1.807) is 30.3 Å². The summed E-state index contributed by atoms with van der Waals surface area (Å²) in [6.45, 7) is 0. The molecule has 0 unspecified atom stereocenters. The van der Waals surface area contributed by atoms with E-state index in [2.05, 4.69) is 31.9 Å². The zero-order valence-corrected chi connectivity index (χ0v) is 23.4. The molecule has 4 nitrogen and oxygen atoms in total. The van der Waals surface area contributed by atoms with E-state index in [9.17, 15) is 14.4 Å². The monoisotopic (exact) mass is 633 g/mol. The van der Waals surface area contributed by atoms with Gasteiger partial charge in [0.1, 0.15) is 0 Å². The lowest BCUT2D eigenvalue weighted by Gasteiger charge is -2.12. The maximum atomic E-state index is 14.3. The number of fused-ring (bicyclic) bond motifs is 4. The summed E-state index contributed by atoms with van der Waals surface area (Å²) in [6, 6.07) is 31.5. The molecule has 0 amide bonds. The topological polar surface area (TPSA) is 56.1 Å². The molecule has 0 fully saturated rings. The van der Waals surface area contributed by atoms with Crippen molar-refractivity contribution < 1.29 is 0 Å². The Balaban J connectivity index is 1.83. The minimum absolute atomic E-state index is 0.155. The molecule has 0 atom stereocenters. The van der Waals surface area contributed by atoms with E-state index in [0.29, 0.717) is 43.9 Å². The van der Waals surface area contributed by atoms with Gasteiger partial charge in [-0.3, -0.25) is 14.4 Å². The Morgan fingerprint density at radius 2 is 0.923 bits per heavy atom. The molecule has 186 valence electrons. The van der Waals surface area contributed by atoms with Crippen molar-refractivity contribution >= 4 is 64.2 Å². The molecule has 0 aliphatic rings. The van der Waals surface area contributed by atoms with E-state index >= 15 is 0 Å². The quantitative estimate of drug-likeness (QED) is 0.200. The lowest BCUT2D eigenvalue weighted by Crippen LogP contribution is -2.23. The predicted octanol–water partition coefficient (Wildman–Crippen LogP) is 7.75. The van der Waals surface area contributed by atoms with Crippen LogP contribution in [0.25, 0.3) is 60.3 Å². The van der Waals surface area contributed by atoms with Crippen molar-refractivity contribution in [3.8, 4) is 27.9 Å². The standard InChI is InChI=1S/C33H17Br2NO3/c34-20-14-10-18(11-15-20)25-27-23-8-4-5-9-24(23)31(37)28(27)26(19-12-16-21(35)17-13-19)30-29(25)32(38)36(33(30)39)22-6-2-1-3-7-22/h1-17H. The molecule has 0 aliphatic heterocycles. The molecule has 0 saturated carbocycles. The molecule has 0 bridgehead atoms. The molecule has 1 heterocycles. The van der Waals surface area contributed by atoms with Gasteiger partial charge < -0.3 is 0 Å². The maximum absolute atomic E-state index is 14.3. The second-order valence-corrected chi connectivity index (χ2v) is 11.3. The van der Waals surface area contributed by atoms with Gasteiger partial charge in [0.05, 0.1) is 16.5 Å². The third kappa shape index (κ3) is 3.52. The molecule has 39 heavy (non-hydrogen) atoms. The molecule has 0 radical (unpaired) electrons. The molecule has 0 aliphatic carbocycles. The molecule has 0 N–H and O–H groups in total. The predicted molar refractivity (Wildman–Crippen MR) is 166 cm³/mol. The number of hydrogen-bond donors (Lipinski definition) is 0. The average Bonchev–Trinajstić information content (AvgIpc) is 3.40. The van der Waals surface area contributed by atoms with Gasteiger partial charge in [-0.15, -0.1) is 0 Å². The number of nitrogens with zero attached hydrogens (tertiary/aromatic N) is 1. The van der Waals surface area contributed by atoms with E-state index in [-0.39, 0.29) is 10.8 Å². The summed E-state index contributed by atoms with van der Waals surface area (Å²) in [5.41, 5.74) is 2.03. The zero-order valence-electron chi connectivity index (χ0n) is 20.2. The Labute approximate surface area is 238 Å². The molecule has 0 saturated heterocycles. The van der Waals surface area contributed by atoms with Crippen molar-refractivity contribution in [2.24, 2.45) is 0 Å². The van der Waals surface area contributed by atoms with Gasteiger partial charge in [-0.25, -0.2) is 4.57 Å². The summed E-state index contributed by atoms with van der Waals surface area (Å²) in [4.78, 5) is 42.7. The Kier molecular flexibility index (Phi) is 5.51. The van der Waals surface area contributed by atoms with Crippen molar-refractivity contribution in [1.82, 2.24) is 4.57 Å². The number of halogens is 2. The number of rotatable bonds is 3. The molecule has 0 spiro atoms. The number of benzene rings is 5. The van der Waals surface area contributed by atoms with Crippen molar-refractivity contribution in [3.63, 3.8) is 0 Å². The van der Waals surface area contributed by atoms with Gasteiger partial charge in [0.15, 0.2) is 5.43 Å². The summed E-state index contributed by atoms with van der Waals surface area (Å²) >= 11 is 6.99. The molecular formula is C33H17Br2NO3. The third-order valence-corrected chi connectivity index (χ3v) is 8.34. The molecule has 6 heteroatoms. The van der Waals surface area contributed by atoms with Crippen LogP contribution in [0.2, 0.25) is 0 Å². The number of aromatic nitrogens is 1. The highest BCUT2D eigenvalue weighted by molar-refractivity contribution is 9.10. The lowest BCUT2D eigenvalue weighted by molar-refractivity contribution is 0.991. The fourth-order valence-corrected chi connectivity index (χ4v) is 6.17. The van der Waals surface area contributed by atoms with Crippen LogP contribution >= 0.6 is 31.9 Å². The average molecular weight is 635 g/mol. The minimum Gasteiger partial charge on any atom is -0.289 e. The summed E-state index contributed by atoms with van der Waals surface area (Å²) in [5.74, 6) is 0. The fraction of sp³-hybridized carbons (Fsp3) is 0. The van der Waals surface area contributed by atoms with Crippen molar-refractivity contribution in [2.45, 2.75) is 0 Å². The normalized spacial score (nSPS) is 11.6. The van der Waals surface area contributed by atoms with Gasteiger partial charge in [0.2, 0.25) is 0 Å². The van der Waals surface area contributed by atoms with Crippen LogP contribution in [-0.4, -0.2) is 4.57 Å². The van der Waals surface area contributed by atoms with Crippen LogP contribution in [0, 0.1) is 0 Å². The van der Waals surface area contributed by atoms with Gasteiger partial charge >= 0.3 is 0 Å². The van der Waals surface area contributed by atoms with Crippen LogP contribution in [0.4, 0.5) is 0 Å². The fourth-order valence-electron chi connectivity index (χ4n) is 5.65. The second-order valence-electron chi connectivity index (χ2n) is 9.42. The largest absolute Gasteiger partial charge is 0.289 e. The lowest BCUT2D eigenvalue weighted by atomic mass is 9.89. The first-order chi connectivity index (χ1) is 19.0. The van der Waals surface area contributed by atoms with Gasteiger partial charge in [0.25, 0.3) is 11.1 Å². The van der Waals surface area contributed by atoms with Crippen molar-refractivity contribution in [3.05, 3.63) is 143 Å². The highest BCUT2D eigenvalue weighted by Gasteiger charge is 2.29. The molecule has 6 aromatic carbocycles. The summed E-state index contributed by atoms with van der Waals surface area (Å²) in [6.07, 6.45) is 0. The number of hydrogen-bond acceptors (Lipinski definition) is 3. The first kappa shape index (κ1) is 23.9. The SMILES string of the molecule is O=c1c2ccccc2c2c(-c3ccc(Br)cc3)c3c(=O)n(-c4ccccc4)c(=O)c3c(-c3ccc(Br)cc3)c12. The van der Waals surface area contributed by atoms with Crippen molar-refractivity contribution in [1.29, 1.82) is 0 Å². The zero-order chi connectivity index (χ0) is 26.8. The van der Waals surface area contributed by atoms with Gasteiger partial charge in [0, 0.05) is 36.2 Å². The van der Waals surface area contributed by atoms with E-state index in [1.807, 2.05) is 72.8 Å². The van der Waals surface area contributed by atoms with Crippen LogP contribution in [0.5, 0.6) is 0 Å². The van der Waals surface area contributed by atoms with Gasteiger partial charge in [-0.1, -0.05) is 98.6 Å². The second kappa shape index (κ2) is 8.97. The summed E-state index contributed by atoms with van der Waals surface area (Å²) < 4.78 is 2.98. The maximum Gasteiger partial charge on any atom is 0.266 e. The molecular weight excluding hydrogens is 618 g/mol. The smallest absolute Gasteiger partial charge is 0.266 e. The first-order valence-corrected chi connectivity index (χ1v) is 13.9. The minimum atomic E-state index is -0.441. The van der Waals surface area contributed by atoms with E-state index in [1.165, 1.54) is 4.57 Å². The Morgan fingerprint density at radius 3 is 1.46 bits per heavy atom. The van der Waals surface area contributed by atoms with Crippen LogP contribution in [0.3, 0.4) is 0 Å². The van der Waals surface area contributed by atoms with Crippen LogP contribution in [0.1, 0.15) is 0 Å². The van der Waals surface area contributed by atoms with E-state index < -0.39 is 11.1 Å². The van der Waals surface area contributed by atoms with E-state index in [4.69, 9.17) is 0 Å². The Morgan fingerprint density at radius 1 is 0.462 bits per heavy atom. The summed E-state index contributed by atoms with van der Waals surface area (Å²) in [5, 5.41) is 3.02. The Bertz CT molecular complexity index is 2220. The van der Waals surface area contributed by atoms with Gasteiger partial charge in [-0.05, 0) is 52.9 Å². The van der Waals surface area contributed by atoms with E-state index in [0.717, 1.165) is 19.9 Å². The summed E-state index contributed by atoms with van der Waals surface area (Å²) in [7, 11) is 0. The van der Waals surface area contributed by atoms with Crippen molar-refractivity contribution in [2.75, 3.05) is 0 Å². The molecule has 7 rings (SSSR count). The molecule has 1 aromatic heterocycles. The first-order valence-electron chi connectivity index (χ1n) is 12.3. The van der Waals surface area contributed by atoms with Crippen LogP contribution < -0.4 is 16.5 Å². The molecule has 7 aromatic rings. The van der Waals surface area contributed by atoms with Crippen LogP contribution in [0.15, 0.2) is 126 Å². The Hall–Kier alpha value is -4.13. The third-order valence-electron chi connectivity index (χ3n) is 7.28. The number of para-hydroxylation sites is 1. The highest BCUT2D eigenvalue weighted by Crippen LogP contribution is 2.44.